The summed E-state index contributed by atoms with van der Waals surface area (Å²) in [6.45, 7) is 3.65. The highest BCUT2D eigenvalue weighted by Crippen LogP contribution is 2.42. The number of ether oxygens (including phenoxy) is 3. The maximum absolute atomic E-state index is 13.3. The van der Waals surface area contributed by atoms with Gasteiger partial charge < -0.3 is 19.3 Å². The van der Waals surface area contributed by atoms with Crippen molar-refractivity contribution in [1.29, 1.82) is 0 Å². The van der Waals surface area contributed by atoms with Crippen LogP contribution in [0.2, 0.25) is 0 Å². The van der Waals surface area contributed by atoms with Crippen LogP contribution in [0.15, 0.2) is 41.3 Å². The molecule has 10 heteroatoms. The largest absolute Gasteiger partial charge is 0.493 e. The molecule has 32 heavy (non-hydrogen) atoms. The first-order chi connectivity index (χ1) is 15.1. The van der Waals surface area contributed by atoms with Crippen molar-refractivity contribution in [3.05, 3.63) is 36.4 Å². The summed E-state index contributed by atoms with van der Waals surface area (Å²) in [6.07, 6.45) is 0. The van der Waals surface area contributed by atoms with E-state index in [9.17, 15) is 18.3 Å². The van der Waals surface area contributed by atoms with Crippen molar-refractivity contribution in [2.24, 2.45) is 0 Å². The van der Waals surface area contributed by atoms with E-state index in [1.165, 1.54) is 45.2 Å². The van der Waals surface area contributed by atoms with Crippen LogP contribution in [0.3, 0.4) is 0 Å². The fraction of sp³-hybridized carbons (Fsp3) is 0.409. The van der Waals surface area contributed by atoms with Crippen LogP contribution in [0, 0.1) is 0 Å². The van der Waals surface area contributed by atoms with E-state index >= 15 is 0 Å². The number of sulfonamides is 1. The number of carboxylic acid groups (broad SMARTS) is 1. The molecule has 0 spiro atoms. The number of nitrogens with zero attached hydrogens (tertiary/aromatic N) is 1. The van der Waals surface area contributed by atoms with Crippen LogP contribution in [0.4, 0.5) is 0 Å². The van der Waals surface area contributed by atoms with Crippen LogP contribution < -0.4 is 14.2 Å². The van der Waals surface area contributed by atoms with Crippen molar-refractivity contribution in [3.8, 4) is 28.4 Å². The summed E-state index contributed by atoms with van der Waals surface area (Å²) in [5.41, 5.74) is 1.50. The van der Waals surface area contributed by atoms with E-state index in [2.05, 4.69) is 0 Å². The Morgan fingerprint density at radius 2 is 1.59 bits per heavy atom. The molecule has 2 aromatic rings. The van der Waals surface area contributed by atoms with Gasteiger partial charge in [0.25, 0.3) is 0 Å². The van der Waals surface area contributed by atoms with Gasteiger partial charge in [0.1, 0.15) is 6.04 Å². The average molecular weight is 482 g/mol. The van der Waals surface area contributed by atoms with E-state index < -0.39 is 26.8 Å². The highest BCUT2D eigenvalue weighted by molar-refractivity contribution is 8.00. The van der Waals surface area contributed by atoms with Crippen molar-refractivity contribution in [2.45, 2.75) is 29.5 Å². The third-order valence-corrected chi connectivity index (χ3v) is 8.66. The number of methoxy groups -OCH3 is 3. The summed E-state index contributed by atoms with van der Waals surface area (Å²) in [5, 5.41) is 9.74. The molecule has 1 fully saturated rings. The molecule has 1 aliphatic rings. The Hall–Kier alpha value is -2.43. The monoisotopic (exact) mass is 481 g/mol. The molecule has 1 unspecified atom stereocenters. The van der Waals surface area contributed by atoms with Crippen LogP contribution in [0.1, 0.15) is 13.8 Å². The molecule has 1 saturated heterocycles. The van der Waals surface area contributed by atoms with E-state index in [0.29, 0.717) is 23.0 Å². The molecule has 3 rings (SSSR count). The van der Waals surface area contributed by atoms with E-state index in [1.54, 1.807) is 38.1 Å². The lowest BCUT2D eigenvalue weighted by Gasteiger charge is -2.42. The minimum atomic E-state index is -3.99. The third-order valence-electron chi connectivity index (χ3n) is 5.43. The Morgan fingerprint density at radius 1 is 1.03 bits per heavy atom. The number of aliphatic carboxylic acids is 1. The first-order valence-corrected chi connectivity index (χ1v) is 12.3. The van der Waals surface area contributed by atoms with Crippen LogP contribution >= 0.6 is 11.8 Å². The SMILES string of the molecule is COc1cc(-c2ccc(S(=O)(=O)N3CCSC(C)(C)C3C(=O)O)cc2)cc(OC)c1OC. The van der Waals surface area contributed by atoms with Gasteiger partial charge in [0.15, 0.2) is 11.5 Å². The predicted octanol–water partition coefficient (Wildman–Crippen LogP) is 3.35. The van der Waals surface area contributed by atoms with Crippen LogP contribution in [-0.2, 0) is 14.8 Å². The molecule has 1 atom stereocenters. The average Bonchev–Trinajstić information content (AvgIpc) is 2.76. The second-order valence-corrected chi connectivity index (χ2v) is 11.4. The summed E-state index contributed by atoms with van der Waals surface area (Å²) in [6, 6.07) is 8.72. The molecule has 0 saturated carbocycles. The lowest BCUT2D eigenvalue weighted by molar-refractivity contribution is -0.142. The summed E-state index contributed by atoms with van der Waals surface area (Å²) in [5.74, 6) is 0.800. The zero-order valence-electron chi connectivity index (χ0n) is 18.6. The summed E-state index contributed by atoms with van der Waals surface area (Å²) in [4.78, 5) is 12.0. The standard InChI is InChI=1S/C22H27NO7S2/c1-22(2)20(21(24)25)23(10-11-31-22)32(26,27)16-8-6-14(7-9-16)15-12-17(28-3)19(30-5)18(13-15)29-4/h6-9,12-13,20H,10-11H2,1-5H3,(H,24,25). The van der Waals surface area contributed by atoms with Gasteiger partial charge in [-0.2, -0.15) is 16.1 Å². The Labute approximate surface area is 192 Å². The molecule has 1 heterocycles. The molecule has 8 nitrogen and oxygen atoms in total. The fourth-order valence-electron chi connectivity index (χ4n) is 3.84. The van der Waals surface area contributed by atoms with Gasteiger partial charge in [0.2, 0.25) is 15.8 Å². The Kier molecular flexibility index (Phi) is 6.97. The van der Waals surface area contributed by atoms with Gasteiger partial charge in [0.05, 0.1) is 26.2 Å². The highest BCUT2D eigenvalue weighted by Gasteiger charge is 2.48. The molecule has 0 bridgehead atoms. The first kappa shape index (κ1) is 24.2. The minimum Gasteiger partial charge on any atom is -0.493 e. The van der Waals surface area contributed by atoms with E-state index in [-0.39, 0.29) is 11.4 Å². The van der Waals surface area contributed by atoms with Crippen LogP contribution in [0.25, 0.3) is 11.1 Å². The molecular formula is C22H27NO7S2. The molecular weight excluding hydrogens is 454 g/mol. The van der Waals surface area contributed by atoms with Crippen molar-refractivity contribution in [2.75, 3.05) is 33.6 Å². The first-order valence-electron chi connectivity index (χ1n) is 9.86. The molecule has 0 radical (unpaired) electrons. The second-order valence-electron chi connectivity index (χ2n) is 7.75. The maximum Gasteiger partial charge on any atom is 0.323 e. The predicted molar refractivity (Wildman–Crippen MR) is 123 cm³/mol. The number of carboxylic acids is 1. The van der Waals surface area contributed by atoms with Gasteiger partial charge in [0, 0.05) is 17.0 Å². The number of carbonyl (C=O) groups is 1. The lowest BCUT2D eigenvalue weighted by Crippen LogP contribution is -2.58. The molecule has 2 aromatic carbocycles. The quantitative estimate of drug-likeness (QED) is 0.642. The highest BCUT2D eigenvalue weighted by atomic mass is 32.2. The zero-order chi connectivity index (χ0) is 23.7. The van der Waals surface area contributed by atoms with Gasteiger partial charge in [-0.3, -0.25) is 4.79 Å². The molecule has 174 valence electrons. The van der Waals surface area contributed by atoms with Crippen molar-refractivity contribution >= 4 is 27.8 Å². The molecule has 1 aliphatic heterocycles. The summed E-state index contributed by atoms with van der Waals surface area (Å²) < 4.78 is 43.1. The molecule has 0 aromatic heterocycles. The topological polar surface area (TPSA) is 102 Å². The van der Waals surface area contributed by atoms with Gasteiger partial charge in [-0.1, -0.05) is 12.1 Å². The number of benzene rings is 2. The van der Waals surface area contributed by atoms with E-state index in [0.717, 1.165) is 15.4 Å². The maximum atomic E-state index is 13.3. The third kappa shape index (κ3) is 4.39. The normalized spacial score (nSPS) is 18.7. The molecule has 1 N–H and O–H groups in total. The van der Waals surface area contributed by atoms with Gasteiger partial charge >= 0.3 is 5.97 Å². The van der Waals surface area contributed by atoms with Crippen molar-refractivity contribution < 1.29 is 32.5 Å². The van der Waals surface area contributed by atoms with Gasteiger partial charge in [-0.15, -0.1) is 0 Å². The number of rotatable bonds is 7. The lowest BCUT2D eigenvalue weighted by atomic mass is 10.0. The fourth-order valence-corrected chi connectivity index (χ4v) is 6.93. The number of hydrogen-bond donors (Lipinski definition) is 1. The van der Waals surface area contributed by atoms with Crippen LogP contribution in [-0.4, -0.2) is 68.2 Å². The Bertz CT molecular complexity index is 1070. The van der Waals surface area contributed by atoms with Gasteiger partial charge in [-0.05, 0) is 49.2 Å². The molecule has 0 amide bonds. The smallest absolute Gasteiger partial charge is 0.323 e. The second kappa shape index (κ2) is 9.21. The number of hydrogen-bond acceptors (Lipinski definition) is 7. The van der Waals surface area contributed by atoms with Crippen molar-refractivity contribution in [1.82, 2.24) is 4.31 Å². The minimum absolute atomic E-state index is 0.0441. The Morgan fingerprint density at radius 3 is 2.06 bits per heavy atom. The summed E-state index contributed by atoms with van der Waals surface area (Å²) in [7, 11) is 0.569. The zero-order valence-corrected chi connectivity index (χ0v) is 20.2. The number of thioether (sulfide) groups is 1. The van der Waals surface area contributed by atoms with E-state index in [1.807, 2.05) is 0 Å². The van der Waals surface area contributed by atoms with Gasteiger partial charge in [-0.25, -0.2) is 8.42 Å². The van der Waals surface area contributed by atoms with Crippen LogP contribution in [0.5, 0.6) is 17.2 Å². The van der Waals surface area contributed by atoms with E-state index in [4.69, 9.17) is 14.2 Å². The summed E-state index contributed by atoms with van der Waals surface area (Å²) >= 11 is 1.46. The molecule has 0 aliphatic carbocycles. The van der Waals surface area contributed by atoms with Crippen molar-refractivity contribution in [3.63, 3.8) is 0 Å². The Balaban J connectivity index is 1.99.